The maximum Gasteiger partial charge on any atom is 0.256 e. The number of rotatable bonds is 3. The molecule has 1 N–H and O–H groups in total. The van der Waals surface area contributed by atoms with Gasteiger partial charge in [-0.15, -0.1) is 0 Å². The van der Waals surface area contributed by atoms with Crippen molar-refractivity contribution in [3.05, 3.63) is 36.1 Å². The quantitative estimate of drug-likeness (QED) is 0.763. The van der Waals surface area contributed by atoms with Crippen molar-refractivity contribution in [2.45, 2.75) is 11.9 Å². The van der Waals surface area contributed by atoms with Crippen LogP contribution in [0.1, 0.15) is 12.5 Å². The first-order chi connectivity index (χ1) is 7.85. The Kier molecular flexibility index (Phi) is 3.28. The molecule has 0 saturated heterocycles. The van der Waals surface area contributed by atoms with Crippen molar-refractivity contribution in [1.29, 1.82) is 5.26 Å². The fourth-order valence-electron chi connectivity index (χ4n) is 1.40. The summed E-state index contributed by atoms with van der Waals surface area (Å²) in [7, 11) is 0. The number of furan rings is 1. The van der Waals surface area contributed by atoms with Crippen LogP contribution in [-0.2, 0) is 0 Å². The number of pyridine rings is 1. The van der Waals surface area contributed by atoms with Gasteiger partial charge in [0.2, 0.25) is 5.69 Å². The molecule has 16 heavy (non-hydrogen) atoms. The summed E-state index contributed by atoms with van der Waals surface area (Å²) in [6.45, 7) is 2.05. The van der Waals surface area contributed by atoms with Crippen LogP contribution >= 0.6 is 11.8 Å². The minimum Gasteiger partial charge on any atom is -0.458 e. The summed E-state index contributed by atoms with van der Waals surface area (Å²) < 4.78 is 5.30. The van der Waals surface area contributed by atoms with E-state index in [4.69, 9.17) is 9.68 Å². The Morgan fingerprint density at radius 3 is 2.94 bits per heavy atom. The Balaban J connectivity index is 2.44. The highest BCUT2D eigenvalue weighted by Gasteiger charge is 2.15. The molecule has 3 nitrogen and oxygen atoms in total. The molecule has 2 rings (SSSR count). The molecule has 0 amide bonds. The normalized spacial score (nSPS) is 10.0. The van der Waals surface area contributed by atoms with Crippen LogP contribution in [0.15, 0.2) is 40.0 Å². The van der Waals surface area contributed by atoms with E-state index in [1.807, 2.05) is 24.3 Å². The highest BCUT2D eigenvalue weighted by molar-refractivity contribution is 7.99. The van der Waals surface area contributed by atoms with Gasteiger partial charge in [-0.2, -0.15) is 10.2 Å². The highest BCUT2D eigenvalue weighted by atomic mass is 32.2. The highest BCUT2D eigenvalue weighted by Crippen LogP contribution is 2.21. The lowest BCUT2D eigenvalue weighted by molar-refractivity contribution is -0.415. The zero-order valence-corrected chi connectivity index (χ0v) is 9.67. The third-order valence-electron chi connectivity index (χ3n) is 2.11. The van der Waals surface area contributed by atoms with E-state index in [0.717, 1.165) is 22.2 Å². The number of H-pyrrole nitrogens is 1. The van der Waals surface area contributed by atoms with E-state index < -0.39 is 0 Å². The van der Waals surface area contributed by atoms with Gasteiger partial charge < -0.3 is 4.42 Å². The number of nitrogens with zero attached hydrogens (tertiary/aromatic N) is 1. The van der Waals surface area contributed by atoms with E-state index in [-0.39, 0.29) is 0 Å². The Bertz CT molecular complexity index is 514. The molecule has 0 bridgehead atoms. The van der Waals surface area contributed by atoms with E-state index in [9.17, 15) is 0 Å². The third kappa shape index (κ3) is 2.10. The van der Waals surface area contributed by atoms with Crippen LogP contribution in [0.2, 0.25) is 0 Å². The lowest BCUT2D eigenvalue weighted by atomic mass is 10.2. The maximum absolute atomic E-state index is 8.96. The van der Waals surface area contributed by atoms with E-state index in [2.05, 4.69) is 18.0 Å². The summed E-state index contributed by atoms with van der Waals surface area (Å²) in [4.78, 5) is 3.21. The number of nitrogens with one attached hydrogen (secondary N) is 1. The molecule has 0 aliphatic carbocycles. The topological polar surface area (TPSA) is 51.1 Å². The summed E-state index contributed by atoms with van der Waals surface area (Å²) in [5.41, 5.74) is 1.56. The van der Waals surface area contributed by atoms with Crippen molar-refractivity contribution in [2.75, 3.05) is 5.75 Å². The molecule has 4 heteroatoms. The zero-order chi connectivity index (χ0) is 11.4. The van der Waals surface area contributed by atoms with Crippen LogP contribution in [0.4, 0.5) is 0 Å². The molecule has 0 radical (unpaired) electrons. The minimum absolute atomic E-state index is 0.669. The lowest BCUT2D eigenvalue weighted by Gasteiger charge is -1.96. The lowest BCUT2D eigenvalue weighted by Crippen LogP contribution is -2.12. The van der Waals surface area contributed by atoms with Gasteiger partial charge in [0.15, 0.2) is 5.76 Å². The molecule has 2 aromatic heterocycles. The monoisotopic (exact) mass is 231 g/mol. The van der Waals surface area contributed by atoms with Gasteiger partial charge in [0, 0.05) is 11.8 Å². The second kappa shape index (κ2) is 4.86. The van der Waals surface area contributed by atoms with Gasteiger partial charge in [-0.3, -0.25) is 0 Å². The van der Waals surface area contributed by atoms with Gasteiger partial charge in [0.25, 0.3) is 5.03 Å². The molecular formula is C12H11N2OS+. The van der Waals surface area contributed by atoms with Gasteiger partial charge in [-0.25, -0.2) is 0 Å². The summed E-state index contributed by atoms with van der Waals surface area (Å²) in [6, 6.07) is 9.57. The van der Waals surface area contributed by atoms with Gasteiger partial charge >= 0.3 is 0 Å². The standard InChI is InChI=1S/C12H10N2OS/c1-2-16-12-9(8-13)5-6-10(14-12)11-4-3-7-15-11/h3-7H,2H2,1H3/p+1. The maximum atomic E-state index is 8.96. The van der Waals surface area contributed by atoms with Crippen LogP contribution < -0.4 is 4.98 Å². The van der Waals surface area contributed by atoms with Crippen LogP contribution in [0.5, 0.6) is 0 Å². The number of thioether (sulfide) groups is 1. The third-order valence-corrected chi connectivity index (χ3v) is 3.00. The average molecular weight is 231 g/mol. The zero-order valence-electron chi connectivity index (χ0n) is 8.86. The summed E-state index contributed by atoms with van der Waals surface area (Å²) in [5, 5.41) is 9.85. The molecule has 0 atom stereocenters. The second-order valence-electron chi connectivity index (χ2n) is 3.14. The molecule has 0 aliphatic heterocycles. The Hall–Kier alpha value is -1.73. The van der Waals surface area contributed by atoms with Gasteiger partial charge in [-0.1, -0.05) is 18.7 Å². The van der Waals surface area contributed by atoms with E-state index in [1.165, 1.54) is 0 Å². The fourth-order valence-corrected chi connectivity index (χ4v) is 2.14. The summed E-state index contributed by atoms with van der Waals surface area (Å²) >= 11 is 1.62. The van der Waals surface area contributed by atoms with Crippen LogP contribution in [-0.4, -0.2) is 5.75 Å². The van der Waals surface area contributed by atoms with E-state index in [0.29, 0.717) is 5.56 Å². The number of nitriles is 1. The molecular weight excluding hydrogens is 220 g/mol. The average Bonchev–Trinajstić information content (AvgIpc) is 2.83. The Morgan fingerprint density at radius 1 is 1.44 bits per heavy atom. The number of hydrogen-bond acceptors (Lipinski definition) is 3. The summed E-state index contributed by atoms with van der Waals surface area (Å²) in [5.74, 6) is 1.70. The fraction of sp³-hybridized carbons (Fsp3) is 0.167. The first-order valence-corrected chi connectivity index (χ1v) is 5.96. The Labute approximate surface area is 98.1 Å². The molecule has 2 aromatic rings. The van der Waals surface area contributed by atoms with Gasteiger partial charge in [0.1, 0.15) is 11.6 Å². The number of hydrogen-bond donors (Lipinski definition) is 0. The number of aromatic amines is 1. The van der Waals surface area contributed by atoms with Crippen molar-refractivity contribution in [1.82, 2.24) is 0 Å². The van der Waals surface area contributed by atoms with Gasteiger partial charge in [-0.05, 0) is 18.2 Å². The molecule has 0 saturated carbocycles. The van der Waals surface area contributed by atoms with Crippen molar-refractivity contribution >= 4 is 11.8 Å². The molecule has 80 valence electrons. The predicted octanol–water partition coefficient (Wildman–Crippen LogP) is 2.74. The molecule has 0 aliphatic rings. The largest absolute Gasteiger partial charge is 0.458 e. The van der Waals surface area contributed by atoms with Gasteiger partial charge in [0.05, 0.1) is 6.26 Å². The molecule has 0 aromatic carbocycles. The number of aromatic nitrogens is 1. The molecule has 2 heterocycles. The Morgan fingerprint density at radius 2 is 2.31 bits per heavy atom. The van der Waals surface area contributed by atoms with Crippen molar-refractivity contribution < 1.29 is 9.40 Å². The van der Waals surface area contributed by atoms with Crippen LogP contribution in [0, 0.1) is 11.3 Å². The first kappa shape index (κ1) is 10.8. The first-order valence-electron chi connectivity index (χ1n) is 4.98. The van der Waals surface area contributed by atoms with E-state index >= 15 is 0 Å². The van der Waals surface area contributed by atoms with Crippen LogP contribution in [0.25, 0.3) is 11.5 Å². The SMILES string of the molecule is CCSc1[nH+]c(-c2ccco2)ccc1C#N. The predicted molar refractivity (Wildman–Crippen MR) is 61.8 cm³/mol. The second-order valence-corrected chi connectivity index (χ2v) is 4.41. The molecule has 0 fully saturated rings. The smallest absolute Gasteiger partial charge is 0.256 e. The molecule has 0 unspecified atom stereocenters. The van der Waals surface area contributed by atoms with Crippen molar-refractivity contribution in [3.8, 4) is 17.5 Å². The molecule has 0 spiro atoms. The minimum atomic E-state index is 0.669. The summed E-state index contributed by atoms with van der Waals surface area (Å²) in [6.07, 6.45) is 1.63. The van der Waals surface area contributed by atoms with E-state index in [1.54, 1.807) is 18.0 Å². The van der Waals surface area contributed by atoms with Crippen molar-refractivity contribution in [2.24, 2.45) is 0 Å². The van der Waals surface area contributed by atoms with Crippen molar-refractivity contribution in [3.63, 3.8) is 0 Å². The van der Waals surface area contributed by atoms with Crippen LogP contribution in [0.3, 0.4) is 0 Å².